The summed E-state index contributed by atoms with van der Waals surface area (Å²) in [6.07, 6.45) is 4.30. The van der Waals surface area contributed by atoms with Gasteiger partial charge in [-0.1, -0.05) is 12.1 Å². The number of aromatic amines is 2. The number of carbonyl (C=O) groups excluding carboxylic acids is 2. The number of hydrogen-bond donors (Lipinski definition) is 2. The Morgan fingerprint density at radius 2 is 1.43 bits per heavy atom. The number of rotatable bonds is 7. The summed E-state index contributed by atoms with van der Waals surface area (Å²) in [5, 5.41) is 0. The molecule has 5 heterocycles. The van der Waals surface area contributed by atoms with Crippen LogP contribution < -0.4 is 4.74 Å². The van der Waals surface area contributed by atoms with Crippen LogP contribution >= 0.6 is 0 Å². The zero-order valence-corrected chi connectivity index (χ0v) is 33.8. The molecule has 2 amide bonds. The monoisotopic (exact) mass is 766 g/mol. The van der Waals surface area contributed by atoms with Gasteiger partial charge in [0.05, 0.1) is 48.6 Å². The molecule has 4 aliphatic rings. The van der Waals surface area contributed by atoms with Crippen LogP contribution in [-0.4, -0.2) is 93.6 Å². The van der Waals surface area contributed by atoms with Crippen LogP contribution in [0.4, 0.5) is 9.59 Å². The van der Waals surface area contributed by atoms with Gasteiger partial charge in [-0.3, -0.25) is 9.80 Å². The van der Waals surface area contributed by atoms with Crippen molar-refractivity contribution in [3.8, 4) is 39.4 Å². The second-order valence-corrected chi connectivity index (χ2v) is 17.7. The van der Waals surface area contributed by atoms with E-state index in [0.717, 1.165) is 88.0 Å². The summed E-state index contributed by atoms with van der Waals surface area (Å²) < 4.78 is 28.9. The molecular formula is C43H54N6O7. The number of aryl methyl sites for hydroxylation is 2. The highest BCUT2D eigenvalue weighted by Gasteiger charge is 2.42. The molecule has 56 heavy (non-hydrogen) atoms. The second kappa shape index (κ2) is 14.6. The lowest BCUT2D eigenvalue weighted by atomic mass is 9.86. The molecule has 0 spiro atoms. The topological polar surface area (TPSA) is 144 Å². The van der Waals surface area contributed by atoms with Gasteiger partial charge in [-0.2, -0.15) is 0 Å². The molecule has 4 atom stereocenters. The number of aromatic nitrogens is 4. The van der Waals surface area contributed by atoms with Crippen LogP contribution in [0.2, 0.25) is 0 Å². The van der Waals surface area contributed by atoms with E-state index < -0.39 is 11.2 Å². The summed E-state index contributed by atoms with van der Waals surface area (Å²) in [5.74, 6) is 2.74. The van der Waals surface area contributed by atoms with Gasteiger partial charge >= 0.3 is 12.2 Å². The van der Waals surface area contributed by atoms with E-state index in [0.29, 0.717) is 32.9 Å². The van der Waals surface area contributed by atoms with Gasteiger partial charge in [0, 0.05) is 50.3 Å². The molecule has 4 aromatic rings. The molecule has 0 bridgehead atoms. The highest BCUT2D eigenvalue weighted by molar-refractivity contribution is 5.83. The highest BCUT2D eigenvalue weighted by Crippen LogP contribution is 2.46. The number of methoxy groups -OCH3 is 2. The fraction of sp³-hybridized carbons (Fsp3) is 0.535. The van der Waals surface area contributed by atoms with E-state index in [2.05, 4.69) is 40.3 Å². The van der Waals surface area contributed by atoms with Crippen molar-refractivity contribution >= 4 is 12.2 Å². The zero-order valence-electron chi connectivity index (χ0n) is 33.8. The summed E-state index contributed by atoms with van der Waals surface area (Å²) >= 11 is 0. The maximum Gasteiger partial charge on any atom is 0.410 e. The van der Waals surface area contributed by atoms with Gasteiger partial charge < -0.3 is 33.7 Å². The Labute approximate surface area is 328 Å². The van der Waals surface area contributed by atoms with Crippen LogP contribution in [0.3, 0.4) is 0 Å². The number of nitrogens with one attached hydrogen (secondary N) is 2. The Balaban J connectivity index is 1.04. The van der Waals surface area contributed by atoms with E-state index in [1.54, 1.807) is 24.0 Å². The number of benzene rings is 2. The molecule has 298 valence electrons. The van der Waals surface area contributed by atoms with Crippen LogP contribution in [0.5, 0.6) is 5.75 Å². The van der Waals surface area contributed by atoms with E-state index in [9.17, 15) is 9.59 Å². The number of nitrogens with zero attached hydrogens (tertiary/aromatic N) is 4. The van der Waals surface area contributed by atoms with Gasteiger partial charge in [0.15, 0.2) is 0 Å². The van der Waals surface area contributed by atoms with E-state index >= 15 is 0 Å². The SMILES string of the molecule is COC[C@H]1C[C@@H](c2ncc(-c3ccc4c(c3)COc3cc5c(cc3-4)CCc3nc([C@@H]4C[C@H](COC)CN4C(=O)OC(C)(C)C)[nH]c3-5)[nH]2)N(C(=O)OC(C)(C)C)C1. The molecule has 13 heteroatoms. The minimum absolute atomic E-state index is 0.190. The third-order valence-electron chi connectivity index (χ3n) is 11.1. The first-order chi connectivity index (χ1) is 26.7. The molecule has 2 aromatic carbocycles. The van der Waals surface area contributed by atoms with Crippen LogP contribution in [0, 0.1) is 11.8 Å². The predicted octanol–water partition coefficient (Wildman–Crippen LogP) is 8.01. The number of H-pyrrole nitrogens is 2. The first-order valence-corrected chi connectivity index (χ1v) is 19.7. The van der Waals surface area contributed by atoms with Crippen LogP contribution in [-0.2, 0) is 38.4 Å². The average molecular weight is 767 g/mol. The number of likely N-dealkylation sites (tertiary alicyclic amines) is 2. The minimum atomic E-state index is -0.596. The molecular weight excluding hydrogens is 713 g/mol. The van der Waals surface area contributed by atoms with Gasteiger partial charge in [0.25, 0.3) is 0 Å². The summed E-state index contributed by atoms with van der Waals surface area (Å²) in [6.45, 7) is 14.0. The second-order valence-electron chi connectivity index (χ2n) is 17.7. The van der Waals surface area contributed by atoms with Gasteiger partial charge in [0.1, 0.15) is 35.2 Å². The van der Waals surface area contributed by atoms with Crippen LogP contribution in [0.25, 0.3) is 33.6 Å². The van der Waals surface area contributed by atoms with Crippen LogP contribution in [0.1, 0.15) is 94.9 Å². The van der Waals surface area contributed by atoms with Gasteiger partial charge in [-0.05, 0) is 108 Å². The van der Waals surface area contributed by atoms with Crippen molar-refractivity contribution in [1.82, 2.24) is 29.7 Å². The number of fused-ring (bicyclic) bond motifs is 6. The smallest absolute Gasteiger partial charge is 0.410 e. The zero-order chi connectivity index (χ0) is 39.5. The lowest BCUT2D eigenvalue weighted by Crippen LogP contribution is -2.37. The van der Waals surface area contributed by atoms with Crippen LogP contribution in [0.15, 0.2) is 36.5 Å². The predicted molar refractivity (Wildman–Crippen MR) is 210 cm³/mol. The molecule has 2 N–H and O–H groups in total. The molecule has 2 aromatic heterocycles. The number of carbonyl (C=O) groups is 2. The Morgan fingerprint density at radius 1 is 0.786 bits per heavy atom. The number of ether oxygens (including phenoxy) is 5. The van der Waals surface area contributed by atoms with E-state index in [-0.39, 0.29) is 36.1 Å². The maximum absolute atomic E-state index is 13.3. The van der Waals surface area contributed by atoms with Crippen molar-refractivity contribution in [2.24, 2.45) is 11.8 Å². The Morgan fingerprint density at radius 3 is 2.05 bits per heavy atom. The first-order valence-electron chi connectivity index (χ1n) is 19.7. The lowest BCUT2D eigenvalue weighted by Gasteiger charge is -2.27. The average Bonchev–Trinajstić information content (AvgIpc) is 3.94. The summed E-state index contributed by atoms with van der Waals surface area (Å²) in [6, 6.07) is 10.4. The molecule has 13 nitrogen and oxygen atoms in total. The lowest BCUT2D eigenvalue weighted by molar-refractivity contribution is 0.0198. The molecule has 8 rings (SSSR count). The summed E-state index contributed by atoms with van der Waals surface area (Å²) in [7, 11) is 3.38. The Kier molecular flexibility index (Phi) is 9.89. The quantitative estimate of drug-likeness (QED) is 0.191. The molecule has 0 saturated carbocycles. The Hall–Kier alpha value is -4.88. The third kappa shape index (κ3) is 7.50. The van der Waals surface area contributed by atoms with Crippen molar-refractivity contribution < 1.29 is 33.3 Å². The van der Waals surface area contributed by atoms with E-state index in [1.165, 1.54) is 5.56 Å². The molecule has 2 fully saturated rings. The fourth-order valence-corrected chi connectivity index (χ4v) is 8.71. The molecule has 0 unspecified atom stereocenters. The van der Waals surface area contributed by atoms with Gasteiger partial charge in [-0.15, -0.1) is 0 Å². The summed E-state index contributed by atoms with van der Waals surface area (Å²) in [5.41, 5.74) is 8.31. The van der Waals surface area contributed by atoms with Gasteiger partial charge in [0.2, 0.25) is 0 Å². The standard InChI is InChI=1S/C43H54N6O7/c1-42(2,3)55-40(50)48-19-24(21-52-7)13-34(48)38-44-18-33(46-38)27-9-11-29-28(15-27)23-54-36-17-30-26(16-31(29)36)10-12-32-37(30)47-39(45-32)35-14-25(22-53-8)20-49(35)41(51)56-43(4,5)6/h9,11,15-18,24-25,34-35H,10,12-14,19-23H2,1-8H3,(H,44,46)(H,45,47)/t24-,25-,34-,35-/m0/s1. The van der Waals surface area contributed by atoms with Crippen molar-refractivity contribution in [3.63, 3.8) is 0 Å². The van der Waals surface area contributed by atoms with Crippen molar-refractivity contribution in [1.29, 1.82) is 0 Å². The Bertz CT molecular complexity index is 2130. The fourth-order valence-electron chi connectivity index (χ4n) is 8.71. The molecule has 0 radical (unpaired) electrons. The van der Waals surface area contributed by atoms with Crippen molar-refractivity contribution in [2.45, 2.75) is 97.1 Å². The number of amides is 2. The maximum atomic E-state index is 13.3. The summed E-state index contributed by atoms with van der Waals surface area (Å²) in [4.78, 5) is 47.1. The number of imidazole rings is 2. The van der Waals surface area contributed by atoms with E-state index in [1.807, 2.05) is 47.7 Å². The highest BCUT2D eigenvalue weighted by atomic mass is 16.6. The minimum Gasteiger partial charge on any atom is -0.488 e. The molecule has 1 aliphatic carbocycles. The normalized spacial score (nSPS) is 21.6. The molecule has 2 saturated heterocycles. The van der Waals surface area contributed by atoms with Crippen molar-refractivity contribution in [3.05, 3.63) is 65.0 Å². The number of hydrogen-bond acceptors (Lipinski definition) is 9. The van der Waals surface area contributed by atoms with E-state index in [4.69, 9.17) is 33.7 Å². The largest absolute Gasteiger partial charge is 0.488 e. The van der Waals surface area contributed by atoms with Crippen molar-refractivity contribution in [2.75, 3.05) is 40.5 Å². The third-order valence-corrected chi connectivity index (χ3v) is 11.1. The first kappa shape index (κ1) is 38.0. The van der Waals surface area contributed by atoms with Gasteiger partial charge in [-0.25, -0.2) is 19.6 Å². The molecule has 3 aliphatic heterocycles.